The number of hydrogen-bond donors (Lipinski definition) is 0. The van der Waals surface area contributed by atoms with Crippen LogP contribution < -0.4 is 4.74 Å². The van der Waals surface area contributed by atoms with Gasteiger partial charge >= 0.3 is 0 Å². The topological polar surface area (TPSA) is 9.23 Å². The van der Waals surface area contributed by atoms with Crippen molar-refractivity contribution in [2.75, 3.05) is 6.61 Å². The van der Waals surface area contributed by atoms with Crippen molar-refractivity contribution in [3.05, 3.63) is 41.5 Å². The summed E-state index contributed by atoms with van der Waals surface area (Å²) in [6.45, 7) is 13.7. The van der Waals surface area contributed by atoms with Crippen molar-refractivity contribution in [3.8, 4) is 5.75 Å². The van der Waals surface area contributed by atoms with Crippen LogP contribution in [0.2, 0.25) is 0 Å². The molecule has 1 heterocycles. The van der Waals surface area contributed by atoms with E-state index in [1.165, 1.54) is 16.7 Å². The molecule has 0 bridgehead atoms. The summed E-state index contributed by atoms with van der Waals surface area (Å²) in [6, 6.07) is 4.48. The second-order valence-electron chi connectivity index (χ2n) is 5.83. The van der Waals surface area contributed by atoms with E-state index in [0.717, 1.165) is 25.2 Å². The lowest BCUT2D eigenvalue weighted by Crippen LogP contribution is -2.23. The van der Waals surface area contributed by atoms with Gasteiger partial charge in [-0.15, -0.1) is 6.58 Å². The van der Waals surface area contributed by atoms with Crippen LogP contribution in [0.4, 0.5) is 0 Å². The first-order valence-corrected chi connectivity index (χ1v) is 6.91. The van der Waals surface area contributed by atoms with Crippen molar-refractivity contribution < 1.29 is 4.74 Å². The van der Waals surface area contributed by atoms with Gasteiger partial charge in [0.25, 0.3) is 0 Å². The van der Waals surface area contributed by atoms with Gasteiger partial charge in [0.1, 0.15) is 5.75 Å². The Morgan fingerprint density at radius 3 is 2.83 bits per heavy atom. The Bertz CT molecular complexity index is 461. The molecule has 1 aromatic rings. The molecule has 98 valence electrons. The Kier molecular flexibility index (Phi) is 3.52. The predicted octanol–water partition coefficient (Wildman–Crippen LogP) is 4.73. The summed E-state index contributed by atoms with van der Waals surface area (Å²) in [4.78, 5) is 0. The zero-order valence-electron chi connectivity index (χ0n) is 12.0. The third-order valence-electron chi connectivity index (χ3n) is 4.27. The molecule has 1 aliphatic rings. The summed E-state index contributed by atoms with van der Waals surface area (Å²) in [6.07, 6.45) is 4.13. The lowest BCUT2D eigenvalue weighted by Gasteiger charge is -2.23. The van der Waals surface area contributed by atoms with Gasteiger partial charge in [-0.2, -0.15) is 0 Å². The monoisotopic (exact) mass is 244 g/mol. The number of benzene rings is 1. The highest BCUT2D eigenvalue weighted by Crippen LogP contribution is 2.47. The van der Waals surface area contributed by atoms with E-state index in [-0.39, 0.29) is 5.41 Å². The van der Waals surface area contributed by atoms with Gasteiger partial charge < -0.3 is 4.74 Å². The maximum atomic E-state index is 6.05. The fourth-order valence-corrected chi connectivity index (χ4v) is 2.99. The number of rotatable bonds is 4. The third kappa shape index (κ3) is 1.96. The summed E-state index contributed by atoms with van der Waals surface area (Å²) in [5.41, 5.74) is 4.22. The lowest BCUT2D eigenvalue weighted by atomic mass is 9.78. The van der Waals surface area contributed by atoms with Gasteiger partial charge in [-0.25, -0.2) is 0 Å². The molecule has 0 spiro atoms. The van der Waals surface area contributed by atoms with Crippen LogP contribution in [0, 0.1) is 6.92 Å². The minimum absolute atomic E-state index is 0.102. The van der Waals surface area contributed by atoms with Crippen molar-refractivity contribution in [1.29, 1.82) is 0 Å². The van der Waals surface area contributed by atoms with Crippen LogP contribution in [0.5, 0.6) is 5.75 Å². The molecule has 0 saturated heterocycles. The quantitative estimate of drug-likeness (QED) is 0.695. The molecule has 1 nitrogen and oxygen atoms in total. The summed E-state index contributed by atoms with van der Waals surface area (Å²) < 4.78 is 6.05. The fourth-order valence-electron chi connectivity index (χ4n) is 2.99. The highest BCUT2D eigenvalue weighted by molar-refractivity contribution is 5.54. The Morgan fingerprint density at radius 2 is 2.22 bits per heavy atom. The van der Waals surface area contributed by atoms with Crippen molar-refractivity contribution in [1.82, 2.24) is 0 Å². The number of allylic oxidation sites excluding steroid dienone is 1. The molecule has 2 unspecified atom stereocenters. The Labute approximate surface area is 111 Å². The predicted molar refractivity (Wildman–Crippen MR) is 77.5 cm³/mol. The van der Waals surface area contributed by atoms with Crippen LogP contribution >= 0.6 is 0 Å². The van der Waals surface area contributed by atoms with E-state index in [4.69, 9.17) is 4.74 Å². The minimum Gasteiger partial charge on any atom is -0.492 e. The SMILES string of the molecule is C=CCC1(C)COc2c(C(C)CC)ccc(C)c21. The van der Waals surface area contributed by atoms with Crippen LogP contribution in [0.3, 0.4) is 0 Å². The molecule has 1 aromatic carbocycles. The largest absolute Gasteiger partial charge is 0.492 e. The maximum Gasteiger partial charge on any atom is 0.126 e. The molecule has 1 aliphatic heterocycles. The van der Waals surface area contributed by atoms with E-state index < -0.39 is 0 Å². The van der Waals surface area contributed by atoms with Gasteiger partial charge in [0.2, 0.25) is 0 Å². The average molecular weight is 244 g/mol. The zero-order valence-corrected chi connectivity index (χ0v) is 12.0. The molecule has 0 N–H and O–H groups in total. The molecule has 0 radical (unpaired) electrons. The smallest absolute Gasteiger partial charge is 0.126 e. The molecule has 0 fully saturated rings. The Balaban J connectivity index is 2.55. The molecule has 0 aromatic heterocycles. The van der Waals surface area contributed by atoms with E-state index in [0.29, 0.717) is 5.92 Å². The normalized spacial score (nSPS) is 23.3. The Morgan fingerprint density at radius 1 is 1.50 bits per heavy atom. The van der Waals surface area contributed by atoms with Gasteiger partial charge in [0.15, 0.2) is 0 Å². The number of ether oxygens (including phenoxy) is 1. The van der Waals surface area contributed by atoms with Crippen LogP contribution in [0.25, 0.3) is 0 Å². The molecule has 1 heteroatoms. The third-order valence-corrected chi connectivity index (χ3v) is 4.27. The summed E-state index contributed by atoms with van der Waals surface area (Å²) in [5, 5.41) is 0. The van der Waals surface area contributed by atoms with Crippen molar-refractivity contribution in [3.63, 3.8) is 0 Å². The zero-order chi connectivity index (χ0) is 13.3. The fraction of sp³-hybridized carbons (Fsp3) is 0.529. The average Bonchev–Trinajstić information content (AvgIpc) is 2.68. The molecule has 18 heavy (non-hydrogen) atoms. The number of aryl methyl sites for hydroxylation is 1. The molecule has 0 amide bonds. The first-order chi connectivity index (χ1) is 8.53. The van der Waals surface area contributed by atoms with Crippen molar-refractivity contribution in [2.24, 2.45) is 0 Å². The summed E-state index contributed by atoms with van der Waals surface area (Å²) in [5.74, 6) is 1.71. The summed E-state index contributed by atoms with van der Waals surface area (Å²) in [7, 11) is 0. The molecule has 2 atom stereocenters. The van der Waals surface area contributed by atoms with Gasteiger partial charge in [0, 0.05) is 11.0 Å². The second-order valence-corrected chi connectivity index (χ2v) is 5.83. The van der Waals surface area contributed by atoms with Gasteiger partial charge in [-0.3, -0.25) is 0 Å². The molecule has 0 aliphatic carbocycles. The first kappa shape index (κ1) is 13.2. The van der Waals surface area contributed by atoms with Crippen LogP contribution in [0.15, 0.2) is 24.8 Å². The van der Waals surface area contributed by atoms with Gasteiger partial charge in [-0.05, 0) is 36.8 Å². The van der Waals surface area contributed by atoms with Crippen LogP contribution in [-0.4, -0.2) is 6.61 Å². The molecule has 2 rings (SSSR count). The highest BCUT2D eigenvalue weighted by Gasteiger charge is 2.38. The highest BCUT2D eigenvalue weighted by atomic mass is 16.5. The number of fused-ring (bicyclic) bond motifs is 1. The maximum absolute atomic E-state index is 6.05. The standard InChI is InChI=1S/C17H24O/c1-6-10-17(5)11-18-16-14(12(3)7-2)9-8-13(4)15(16)17/h6,8-9,12H,1,7,10-11H2,2-5H3. The van der Waals surface area contributed by atoms with Crippen LogP contribution in [-0.2, 0) is 5.41 Å². The lowest BCUT2D eigenvalue weighted by molar-refractivity contribution is 0.276. The Hall–Kier alpha value is -1.24. The van der Waals surface area contributed by atoms with E-state index >= 15 is 0 Å². The van der Waals surface area contributed by atoms with Gasteiger partial charge in [0.05, 0.1) is 6.61 Å². The minimum atomic E-state index is 0.102. The molecule has 0 saturated carbocycles. The van der Waals surface area contributed by atoms with E-state index in [1.54, 1.807) is 0 Å². The molecular formula is C17H24O. The molecular weight excluding hydrogens is 220 g/mol. The summed E-state index contributed by atoms with van der Waals surface area (Å²) >= 11 is 0. The van der Waals surface area contributed by atoms with E-state index in [1.807, 2.05) is 6.08 Å². The number of hydrogen-bond acceptors (Lipinski definition) is 1. The second kappa shape index (κ2) is 4.79. The van der Waals surface area contributed by atoms with Crippen molar-refractivity contribution >= 4 is 0 Å². The van der Waals surface area contributed by atoms with Crippen LogP contribution in [0.1, 0.15) is 56.2 Å². The van der Waals surface area contributed by atoms with Gasteiger partial charge in [-0.1, -0.05) is 39.0 Å². The van der Waals surface area contributed by atoms with Crippen molar-refractivity contribution in [2.45, 2.75) is 51.9 Å². The van der Waals surface area contributed by atoms with E-state index in [9.17, 15) is 0 Å². The first-order valence-electron chi connectivity index (χ1n) is 6.91. The van der Waals surface area contributed by atoms with E-state index in [2.05, 4.69) is 46.4 Å².